The van der Waals surface area contributed by atoms with E-state index in [1.54, 1.807) is 13.2 Å². The fourth-order valence-corrected chi connectivity index (χ4v) is 3.28. The highest BCUT2D eigenvalue weighted by molar-refractivity contribution is 5.99. The average molecular weight is 425 g/mol. The van der Waals surface area contributed by atoms with Crippen LogP contribution in [0.4, 0.5) is 4.39 Å². The van der Waals surface area contributed by atoms with Gasteiger partial charge in [-0.2, -0.15) is 0 Å². The number of aromatic nitrogens is 1. The molecule has 6 nitrogen and oxygen atoms in total. The van der Waals surface area contributed by atoms with Gasteiger partial charge in [-0.05, 0) is 49.1 Å². The summed E-state index contributed by atoms with van der Waals surface area (Å²) in [4.78, 5) is 17.0. The van der Waals surface area contributed by atoms with E-state index < -0.39 is 5.82 Å². The summed E-state index contributed by atoms with van der Waals surface area (Å²) >= 11 is 0. The molecular weight excluding hydrogens is 401 g/mol. The lowest BCUT2D eigenvalue weighted by molar-refractivity contribution is 0.0975. The second-order valence-corrected chi connectivity index (χ2v) is 7.50. The Labute approximate surface area is 180 Å². The number of methoxy groups -OCH3 is 2. The van der Waals surface area contributed by atoms with Gasteiger partial charge in [-0.15, -0.1) is 0 Å². The molecule has 162 valence electrons. The lowest BCUT2D eigenvalue weighted by Crippen LogP contribution is -2.06. The van der Waals surface area contributed by atoms with Crippen molar-refractivity contribution in [2.75, 3.05) is 20.8 Å². The molecule has 0 aliphatic heterocycles. The number of benzene rings is 2. The minimum absolute atomic E-state index is 0.0404. The van der Waals surface area contributed by atoms with Crippen LogP contribution in [0.1, 0.15) is 35.3 Å². The number of Topliss-reactive ketones (excluding diaryl/α,β-unsaturated/α-hetero) is 1. The fourth-order valence-electron chi connectivity index (χ4n) is 3.28. The molecule has 1 aromatic heterocycles. The molecule has 0 N–H and O–H groups in total. The number of carbonyl (C=O) groups is 1. The Morgan fingerprint density at radius 1 is 1.13 bits per heavy atom. The molecular formula is C24H24FNO5. The molecule has 0 saturated heterocycles. The van der Waals surface area contributed by atoms with Crippen LogP contribution in [0.3, 0.4) is 0 Å². The molecule has 7 heteroatoms. The quantitative estimate of drug-likeness (QED) is 0.421. The van der Waals surface area contributed by atoms with Gasteiger partial charge in [0.2, 0.25) is 5.89 Å². The van der Waals surface area contributed by atoms with Crippen molar-refractivity contribution in [1.29, 1.82) is 0 Å². The minimum Gasteiger partial charge on any atom is -0.496 e. The first-order valence-corrected chi connectivity index (χ1v) is 10.2. The first-order chi connectivity index (χ1) is 15.1. The van der Waals surface area contributed by atoms with Gasteiger partial charge in [0, 0.05) is 18.4 Å². The largest absolute Gasteiger partial charge is 0.496 e. The molecule has 0 amide bonds. The maximum absolute atomic E-state index is 14.1. The molecule has 0 unspecified atom stereocenters. The van der Waals surface area contributed by atoms with Crippen molar-refractivity contribution in [3.63, 3.8) is 0 Å². The maximum Gasteiger partial charge on any atom is 0.226 e. The van der Waals surface area contributed by atoms with Crippen LogP contribution in [-0.4, -0.2) is 31.6 Å². The van der Waals surface area contributed by atoms with Gasteiger partial charge in [0.1, 0.15) is 17.8 Å². The van der Waals surface area contributed by atoms with E-state index in [4.69, 9.17) is 18.6 Å². The molecule has 1 aliphatic rings. The molecule has 4 rings (SSSR count). The first-order valence-electron chi connectivity index (χ1n) is 10.2. The molecule has 2 aromatic carbocycles. The zero-order valence-electron chi connectivity index (χ0n) is 17.5. The summed E-state index contributed by atoms with van der Waals surface area (Å²) < 4.78 is 36.1. The number of oxazole rings is 1. The van der Waals surface area contributed by atoms with Crippen LogP contribution in [-0.2, 0) is 6.42 Å². The smallest absolute Gasteiger partial charge is 0.226 e. The Balaban J connectivity index is 1.45. The molecule has 1 heterocycles. The van der Waals surface area contributed by atoms with E-state index in [0.717, 1.165) is 5.56 Å². The number of ketones is 1. The van der Waals surface area contributed by atoms with Crippen LogP contribution < -0.4 is 14.2 Å². The number of aryl methyl sites for hydroxylation is 1. The van der Waals surface area contributed by atoms with Crippen molar-refractivity contribution in [3.8, 4) is 28.7 Å². The molecule has 0 atom stereocenters. The van der Waals surface area contributed by atoms with E-state index in [9.17, 15) is 9.18 Å². The van der Waals surface area contributed by atoms with E-state index in [1.807, 2.05) is 18.2 Å². The summed E-state index contributed by atoms with van der Waals surface area (Å²) in [6.45, 7) is 0.665. The van der Waals surface area contributed by atoms with E-state index in [1.165, 1.54) is 38.3 Å². The molecule has 3 aromatic rings. The lowest BCUT2D eigenvalue weighted by atomic mass is 10.0. The van der Waals surface area contributed by atoms with Crippen LogP contribution in [0.15, 0.2) is 47.1 Å². The summed E-state index contributed by atoms with van der Waals surface area (Å²) in [5.74, 6) is 1.62. The summed E-state index contributed by atoms with van der Waals surface area (Å²) in [6, 6.07) is 9.81. The molecule has 1 aliphatic carbocycles. The van der Waals surface area contributed by atoms with E-state index in [-0.39, 0.29) is 23.5 Å². The number of halogens is 1. The summed E-state index contributed by atoms with van der Waals surface area (Å²) in [7, 11) is 3.01. The van der Waals surface area contributed by atoms with Gasteiger partial charge in [-0.25, -0.2) is 9.37 Å². The third-order valence-electron chi connectivity index (χ3n) is 5.22. The van der Waals surface area contributed by atoms with Crippen molar-refractivity contribution in [1.82, 2.24) is 4.98 Å². The molecule has 0 spiro atoms. The van der Waals surface area contributed by atoms with Gasteiger partial charge in [-0.3, -0.25) is 4.79 Å². The zero-order chi connectivity index (χ0) is 21.8. The number of nitrogens with zero attached hydrogens (tertiary/aromatic N) is 1. The van der Waals surface area contributed by atoms with Gasteiger partial charge < -0.3 is 18.6 Å². The van der Waals surface area contributed by atoms with Crippen molar-refractivity contribution in [2.45, 2.75) is 25.7 Å². The summed E-state index contributed by atoms with van der Waals surface area (Å²) in [6.07, 6.45) is 4.31. The summed E-state index contributed by atoms with van der Waals surface area (Å²) in [5.41, 5.74) is 1.32. The van der Waals surface area contributed by atoms with Gasteiger partial charge in [0.05, 0.1) is 32.1 Å². The molecule has 1 fully saturated rings. The number of hydrogen-bond donors (Lipinski definition) is 0. The standard InChI is InChI=1S/C24H24FNO5/c1-28-20-11-8-16(12-22(20)30-13-15-6-7-15)24-26-17(14-31-24)9-10-19(27)23-18(25)4-3-5-21(23)29-2/h3-5,8,11-12,14-15H,6-7,9-10,13H2,1-2H3. The minimum atomic E-state index is -0.595. The third kappa shape index (κ3) is 4.87. The van der Waals surface area contributed by atoms with Gasteiger partial charge in [0.25, 0.3) is 0 Å². The summed E-state index contributed by atoms with van der Waals surface area (Å²) in [5, 5.41) is 0. The SMILES string of the molecule is COc1ccc(-c2nc(CCC(=O)c3c(F)cccc3OC)co2)cc1OCC1CC1. The number of ether oxygens (including phenoxy) is 3. The highest BCUT2D eigenvalue weighted by Gasteiger charge is 2.23. The monoisotopic (exact) mass is 425 g/mol. The first kappa shape index (κ1) is 20.9. The van der Waals surface area contributed by atoms with Crippen LogP contribution in [0.25, 0.3) is 11.5 Å². The highest BCUT2D eigenvalue weighted by Crippen LogP contribution is 2.35. The molecule has 0 radical (unpaired) electrons. The van der Waals surface area contributed by atoms with E-state index >= 15 is 0 Å². The van der Waals surface area contributed by atoms with Crippen LogP contribution >= 0.6 is 0 Å². The maximum atomic E-state index is 14.1. The van der Waals surface area contributed by atoms with Gasteiger partial charge in [-0.1, -0.05) is 6.07 Å². The Morgan fingerprint density at radius 2 is 1.94 bits per heavy atom. The number of rotatable bonds is 10. The van der Waals surface area contributed by atoms with Gasteiger partial charge in [0.15, 0.2) is 17.3 Å². The average Bonchev–Trinajstić information content (AvgIpc) is 3.50. The van der Waals surface area contributed by atoms with E-state index in [0.29, 0.717) is 42.0 Å². The van der Waals surface area contributed by atoms with Crippen LogP contribution in [0, 0.1) is 11.7 Å². The van der Waals surface area contributed by atoms with Gasteiger partial charge >= 0.3 is 0 Å². The zero-order valence-corrected chi connectivity index (χ0v) is 17.5. The van der Waals surface area contributed by atoms with Crippen LogP contribution in [0.2, 0.25) is 0 Å². The fraction of sp³-hybridized carbons (Fsp3) is 0.333. The Hall–Kier alpha value is -3.35. The predicted molar refractivity (Wildman–Crippen MR) is 112 cm³/mol. The number of hydrogen-bond acceptors (Lipinski definition) is 6. The topological polar surface area (TPSA) is 70.8 Å². The molecule has 31 heavy (non-hydrogen) atoms. The van der Waals surface area contributed by atoms with Crippen LogP contribution in [0.5, 0.6) is 17.2 Å². The molecule has 0 bridgehead atoms. The number of carbonyl (C=O) groups excluding carboxylic acids is 1. The Morgan fingerprint density at radius 3 is 2.68 bits per heavy atom. The normalized spacial score (nSPS) is 13.1. The van der Waals surface area contributed by atoms with Crippen molar-refractivity contribution in [3.05, 3.63) is 59.7 Å². The van der Waals surface area contributed by atoms with E-state index in [2.05, 4.69) is 4.98 Å². The van der Waals surface area contributed by atoms with Crippen molar-refractivity contribution < 1.29 is 27.8 Å². The Kier molecular flexibility index (Phi) is 6.21. The predicted octanol–water partition coefficient (Wildman–Crippen LogP) is 5.10. The van der Waals surface area contributed by atoms with Crippen molar-refractivity contribution >= 4 is 5.78 Å². The van der Waals surface area contributed by atoms with Crippen molar-refractivity contribution in [2.24, 2.45) is 5.92 Å². The lowest BCUT2D eigenvalue weighted by Gasteiger charge is -2.11. The third-order valence-corrected chi connectivity index (χ3v) is 5.22. The Bertz CT molecular complexity index is 1070. The second-order valence-electron chi connectivity index (χ2n) is 7.50. The highest BCUT2D eigenvalue weighted by atomic mass is 19.1. The molecule has 1 saturated carbocycles. The second kappa shape index (κ2) is 9.20.